The van der Waals surface area contributed by atoms with Crippen LogP contribution in [0.5, 0.6) is 0 Å². The number of H-pyrrole nitrogens is 1. The summed E-state index contributed by atoms with van der Waals surface area (Å²) < 4.78 is 13.5. The topological polar surface area (TPSA) is 112 Å². The number of aliphatic imine (C=N–C) groups is 2. The lowest BCUT2D eigenvalue weighted by molar-refractivity contribution is -0.120. The number of aromatic nitrogens is 2. The van der Waals surface area contributed by atoms with Crippen molar-refractivity contribution < 1.29 is 9.18 Å². The van der Waals surface area contributed by atoms with E-state index in [9.17, 15) is 9.18 Å². The quantitative estimate of drug-likeness (QED) is 0.519. The number of nitrogens with one attached hydrogen (secondary N) is 2. The van der Waals surface area contributed by atoms with Crippen LogP contribution in [-0.4, -0.2) is 58.1 Å². The number of guanidine groups is 2. The number of likely N-dealkylation sites (tertiary alicyclic amines) is 1. The van der Waals surface area contributed by atoms with Crippen molar-refractivity contribution in [2.75, 3.05) is 18.4 Å². The van der Waals surface area contributed by atoms with Crippen LogP contribution in [0.3, 0.4) is 0 Å². The van der Waals surface area contributed by atoms with E-state index in [1.807, 2.05) is 37.0 Å². The number of hydrogen-bond acceptors (Lipinski definition) is 3. The second-order valence-electron chi connectivity index (χ2n) is 7.50. The van der Waals surface area contributed by atoms with Crippen LogP contribution in [0.25, 0.3) is 0 Å². The molecule has 2 unspecified atom stereocenters. The highest BCUT2D eigenvalue weighted by Crippen LogP contribution is 2.17. The summed E-state index contributed by atoms with van der Waals surface area (Å²) in [4.78, 5) is 22.8. The minimum atomic E-state index is -0.954. The zero-order chi connectivity index (χ0) is 21.5. The molecule has 0 radical (unpaired) electrons. The Bertz CT molecular complexity index is 912. The van der Waals surface area contributed by atoms with Gasteiger partial charge < -0.3 is 16.0 Å². The Labute approximate surface area is 175 Å². The summed E-state index contributed by atoms with van der Waals surface area (Å²) in [7, 11) is 0. The van der Waals surface area contributed by atoms with Crippen molar-refractivity contribution in [1.82, 2.24) is 15.1 Å². The molecule has 1 aliphatic carbocycles. The van der Waals surface area contributed by atoms with E-state index in [2.05, 4.69) is 25.5 Å². The smallest absolute Gasteiger partial charge is 0.224 e. The minimum absolute atomic E-state index is 0.134. The number of carbonyl (C=O) groups excluding carboxylic acids is 1. The van der Waals surface area contributed by atoms with Crippen LogP contribution in [0.4, 0.5) is 10.2 Å². The summed E-state index contributed by atoms with van der Waals surface area (Å²) in [6.45, 7) is 4.73. The summed E-state index contributed by atoms with van der Waals surface area (Å²) in [6.07, 6.45) is 9.63. The monoisotopic (exact) mass is 413 g/mol. The molecule has 0 aromatic carbocycles. The molecule has 0 bridgehead atoms. The largest absolute Gasteiger partial charge is 0.369 e. The summed E-state index contributed by atoms with van der Waals surface area (Å²) >= 11 is 0. The first-order valence-corrected chi connectivity index (χ1v) is 10.1. The SMILES string of the molecule is Cc1cc(NC(N)=NC(=NC(C)C=CC2=CC=CC(F)C2)N2CCCC(=O)C2)n[nH]1. The minimum Gasteiger partial charge on any atom is -0.369 e. The first kappa shape index (κ1) is 21.5. The number of piperidine rings is 1. The number of anilines is 1. The molecule has 1 fully saturated rings. The van der Waals surface area contributed by atoms with E-state index >= 15 is 0 Å². The maximum Gasteiger partial charge on any atom is 0.224 e. The van der Waals surface area contributed by atoms with E-state index < -0.39 is 6.17 Å². The molecule has 1 aromatic heterocycles. The molecule has 0 spiro atoms. The number of aromatic amines is 1. The lowest BCUT2D eigenvalue weighted by Gasteiger charge is -2.27. The van der Waals surface area contributed by atoms with Gasteiger partial charge in [-0.3, -0.25) is 9.89 Å². The number of aryl methyl sites for hydroxylation is 1. The number of rotatable bonds is 4. The molecule has 0 amide bonds. The Balaban J connectivity index is 1.77. The predicted molar refractivity (Wildman–Crippen MR) is 117 cm³/mol. The van der Waals surface area contributed by atoms with Gasteiger partial charge in [-0.1, -0.05) is 30.4 Å². The molecular formula is C21H28FN7O. The Morgan fingerprint density at radius 3 is 3.07 bits per heavy atom. The highest BCUT2D eigenvalue weighted by molar-refractivity contribution is 6.01. The summed E-state index contributed by atoms with van der Waals surface area (Å²) in [6, 6.07) is 1.57. The van der Waals surface area contributed by atoms with Gasteiger partial charge in [0.25, 0.3) is 0 Å². The number of allylic oxidation sites excluding steroid dienone is 5. The highest BCUT2D eigenvalue weighted by atomic mass is 19.1. The van der Waals surface area contributed by atoms with E-state index in [0.717, 1.165) is 17.7 Å². The maximum atomic E-state index is 13.5. The van der Waals surface area contributed by atoms with Crippen LogP contribution in [0, 0.1) is 6.92 Å². The molecule has 1 aromatic rings. The standard InChI is InChI=1S/C21H28FN7O/c1-14(8-9-16-5-3-6-17(22)12-16)24-21(29-10-4-7-18(30)13-29)26-20(23)25-19-11-15(2)27-28-19/h3,5-6,8-9,11,14,17H,4,7,10,12-13H2,1-2H3,(H4,23,24,25,26,27,28). The molecule has 0 saturated carbocycles. The molecule has 1 aliphatic heterocycles. The second-order valence-corrected chi connectivity index (χ2v) is 7.50. The molecule has 30 heavy (non-hydrogen) atoms. The van der Waals surface area contributed by atoms with Crippen molar-refractivity contribution in [2.45, 2.75) is 45.3 Å². The van der Waals surface area contributed by atoms with Crippen LogP contribution >= 0.6 is 0 Å². The first-order chi connectivity index (χ1) is 14.4. The summed E-state index contributed by atoms with van der Waals surface area (Å²) in [5.74, 6) is 1.22. The van der Waals surface area contributed by atoms with Crippen LogP contribution in [-0.2, 0) is 4.79 Å². The number of nitrogens with two attached hydrogens (primary N) is 1. The fourth-order valence-corrected chi connectivity index (χ4v) is 3.21. The number of ketones is 1. The second kappa shape index (κ2) is 10.00. The van der Waals surface area contributed by atoms with Gasteiger partial charge >= 0.3 is 0 Å². The van der Waals surface area contributed by atoms with Gasteiger partial charge in [-0.05, 0) is 25.8 Å². The Kier molecular flexibility index (Phi) is 7.16. The number of carbonyl (C=O) groups is 1. The van der Waals surface area contributed by atoms with Crippen LogP contribution in [0.1, 0.15) is 31.9 Å². The Morgan fingerprint density at radius 1 is 1.53 bits per heavy atom. The fraction of sp³-hybridized carbons (Fsp3) is 0.429. The van der Waals surface area contributed by atoms with Crippen molar-refractivity contribution in [3.63, 3.8) is 0 Å². The van der Waals surface area contributed by atoms with Crippen molar-refractivity contribution in [3.8, 4) is 0 Å². The maximum absolute atomic E-state index is 13.5. The van der Waals surface area contributed by atoms with E-state index in [1.54, 1.807) is 12.1 Å². The number of Topliss-reactive ketones (excluding diaryl/α,β-unsaturated/α-hetero) is 1. The van der Waals surface area contributed by atoms with Crippen LogP contribution < -0.4 is 11.1 Å². The Hall–Kier alpha value is -3.23. The molecule has 4 N–H and O–H groups in total. The fourth-order valence-electron chi connectivity index (χ4n) is 3.21. The van der Waals surface area contributed by atoms with Gasteiger partial charge in [0.05, 0.1) is 12.6 Å². The van der Waals surface area contributed by atoms with Gasteiger partial charge in [-0.2, -0.15) is 10.1 Å². The molecule has 160 valence electrons. The third-order valence-corrected chi connectivity index (χ3v) is 4.69. The van der Waals surface area contributed by atoms with Crippen molar-refractivity contribution >= 4 is 23.5 Å². The molecular weight excluding hydrogens is 385 g/mol. The van der Waals surface area contributed by atoms with Gasteiger partial charge in [-0.15, -0.1) is 0 Å². The third kappa shape index (κ3) is 6.40. The molecule has 1 saturated heterocycles. The number of nitrogens with zero attached hydrogens (tertiary/aromatic N) is 4. The summed E-state index contributed by atoms with van der Waals surface area (Å²) in [5, 5.41) is 9.83. The summed E-state index contributed by atoms with van der Waals surface area (Å²) in [5.41, 5.74) is 7.85. The van der Waals surface area contributed by atoms with Gasteiger partial charge in [0, 0.05) is 31.1 Å². The van der Waals surface area contributed by atoms with Crippen molar-refractivity contribution in [3.05, 3.63) is 47.7 Å². The number of hydrogen-bond donors (Lipinski definition) is 3. The van der Waals surface area contributed by atoms with E-state index in [-0.39, 0.29) is 24.3 Å². The van der Waals surface area contributed by atoms with Crippen molar-refractivity contribution in [2.24, 2.45) is 15.7 Å². The lowest BCUT2D eigenvalue weighted by atomic mass is 10.0. The van der Waals surface area contributed by atoms with E-state index in [4.69, 9.17) is 5.73 Å². The zero-order valence-corrected chi connectivity index (χ0v) is 17.3. The first-order valence-electron chi connectivity index (χ1n) is 10.1. The molecule has 2 atom stereocenters. The Morgan fingerprint density at radius 2 is 2.37 bits per heavy atom. The average molecular weight is 414 g/mol. The predicted octanol–water partition coefficient (Wildman–Crippen LogP) is 2.63. The number of halogens is 1. The van der Waals surface area contributed by atoms with E-state index in [1.165, 1.54) is 6.08 Å². The van der Waals surface area contributed by atoms with Gasteiger partial charge in [-0.25, -0.2) is 9.38 Å². The van der Waals surface area contributed by atoms with E-state index in [0.29, 0.717) is 31.2 Å². The third-order valence-electron chi connectivity index (χ3n) is 4.69. The molecule has 8 nitrogen and oxygen atoms in total. The average Bonchev–Trinajstić information content (AvgIpc) is 3.10. The molecule has 9 heteroatoms. The van der Waals surface area contributed by atoms with Gasteiger partial charge in [0.15, 0.2) is 11.6 Å². The highest BCUT2D eigenvalue weighted by Gasteiger charge is 2.21. The van der Waals surface area contributed by atoms with Gasteiger partial charge in [0.1, 0.15) is 6.17 Å². The van der Waals surface area contributed by atoms with Crippen molar-refractivity contribution in [1.29, 1.82) is 0 Å². The van der Waals surface area contributed by atoms with Crippen LogP contribution in [0.2, 0.25) is 0 Å². The van der Waals surface area contributed by atoms with Crippen LogP contribution in [0.15, 0.2) is 52.0 Å². The normalized spacial score (nSPS) is 21.8. The molecule has 3 rings (SSSR count). The molecule has 2 heterocycles. The lowest BCUT2D eigenvalue weighted by Crippen LogP contribution is -2.41. The zero-order valence-electron chi connectivity index (χ0n) is 17.3. The van der Waals surface area contributed by atoms with Gasteiger partial charge in [0.2, 0.25) is 11.9 Å². The number of alkyl halides is 1. The molecule has 2 aliphatic rings.